The smallest absolute Gasteiger partial charge is 0.0519 e. The lowest BCUT2D eigenvalue weighted by atomic mass is 9.99. The first-order valence-corrected chi connectivity index (χ1v) is 5.30. The second-order valence-corrected chi connectivity index (χ2v) is 4.66. The standard InChI is InChI=1S/C10H19ClO/c1-7(2)12-6-9-4-5-10(11)8(9)3/h7-10H,4-6H2,1-3H3. The topological polar surface area (TPSA) is 9.23 Å². The molecule has 0 bridgehead atoms. The molecular formula is C10H19ClO. The zero-order valence-electron chi connectivity index (χ0n) is 8.22. The van der Waals surface area contributed by atoms with Gasteiger partial charge in [0.2, 0.25) is 0 Å². The zero-order chi connectivity index (χ0) is 9.14. The molecule has 1 aliphatic rings. The quantitative estimate of drug-likeness (QED) is 0.622. The van der Waals surface area contributed by atoms with Gasteiger partial charge in [0.1, 0.15) is 0 Å². The summed E-state index contributed by atoms with van der Waals surface area (Å²) in [5.74, 6) is 1.32. The summed E-state index contributed by atoms with van der Waals surface area (Å²) in [5, 5.41) is 0.380. The Morgan fingerprint density at radius 3 is 2.50 bits per heavy atom. The molecule has 0 amide bonds. The molecule has 3 atom stereocenters. The van der Waals surface area contributed by atoms with E-state index in [1.54, 1.807) is 0 Å². The maximum atomic E-state index is 6.12. The molecule has 1 nitrogen and oxygen atoms in total. The molecule has 0 aliphatic heterocycles. The van der Waals surface area contributed by atoms with Crippen molar-refractivity contribution < 1.29 is 4.74 Å². The Hall–Kier alpha value is 0.250. The van der Waals surface area contributed by atoms with Crippen LogP contribution in [0.4, 0.5) is 0 Å². The summed E-state index contributed by atoms with van der Waals surface area (Å²) < 4.78 is 5.59. The van der Waals surface area contributed by atoms with Gasteiger partial charge >= 0.3 is 0 Å². The second-order valence-electron chi connectivity index (χ2n) is 4.09. The predicted octanol–water partition coefficient (Wildman–Crippen LogP) is 3.06. The molecule has 0 heterocycles. The Bertz CT molecular complexity index is 136. The van der Waals surface area contributed by atoms with Crippen LogP contribution in [0.1, 0.15) is 33.6 Å². The van der Waals surface area contributed by atoms with Crippen molar-refractivity contribution in [2.75, 3.05) is 6.61 Å². The van der Waals surface area contributed by atoms with Crippen molar-refractivity contribution in [3.63, 3.8) is 0 Å². The number of ether oxygens (including phenoxy) is 1. The molecule has 0 aromatic heterocycles. The lowest BCUT2D eigenvalue weighted by Crippen LogP contribution is -2.18. The van der Waals surface area contributed by atoms with Crippen LogP contribution in [-0.4, -0.2) is 18.1 Å². The van der Waals surface area contributed by atoms with Gasteiger partial charge in [-0.3, -0.25) is 0 Å². The third kappa shape index (κ3) is 2.63. The highest BCUT2D eigenvalue weighted by Gasteiger charge is 2.31. The molecule has 3 unspecified atom stereocenters. The highest BCUT2D eigenvalue weighted by atomic mass is 35.5. The monoisotopic (exact) mass is 190 g/mol. The van der Waals surface area contributed by atoms with Gasteiger partial charge in [-0.25, -0.2) is 0 Å². The summed E-state index contributed by atoms with van der Waals surface area (Å²) >= 11 is 6.12. The summed E-state index contributed by atoms with van der Waals surface area (Å²) in [7, 11) is 0. The number of alkyl halides is 1. The van der Waals surface area contributed by atoms with Gasteiger partial charge in [0.15, 0.2) is 0 Å². The van der Waals surface area contributed by atoms with Gasteiger partial charge < -0.3 is 4.74 Å². The molecule has 2 heteroatoms. The van der Waals surface area contributed by atoms with Crippen molar-refractivity contribution in [3.8, 4) is 0 Å². The van der Waals surface area contributed by atoms with Crippen LogP contribution in [0.15, 0.2) is 0 Å². The van der Waals surface area contributed by atoms with Gasteiger partial charge in [0.25, 0.3) is 0 Å². The van der Waals surface area contributed by atoms with Crippen LogP contribution in [0.2, 0.25) is 0 Å². The molecule has 0 aromatic carbocycles. The van der Waals surface area contributed by atoms with E-state index < -0.39 is 0 Å². The van der Waals surface area contributed by atoms with E-state index in [0.717, 1.165) is 13.0 Å². The molecule has 0 radical (unpaired) electrons. The first kappa shape index (κ1) is 10.3. The predicted molar refractivity (Wildman–Crippen MR) is 52.6 cm³/mol. The molecule has 1 aliphatic carbocycles. The SMILES string of the molecule is CC(C)OCC1CCC(Cl)C1C. The minimum Gasteiger partial charge on any atom is -0.378 e. The van der Waals surface area contributed by atoms with E-state index in [0.29, 0.717) is 23.3 Å². The Balaban J connectivity index is 2.24. The van der Waals surface area contributed by atoms with Gasteiger partial charge in [-0.15, -0.1) is 11.6 Å². The van der Waals surface area contributed by atoms with Crippen LogP contribution >= 0.6 is 11.6 Å². The molecule has 0 aromatic rings. The number of rotatable bonds is 3. The van der Waals surface area contributed by atoms with Crippen LogP contribution in [0, 0.1) is 11.8 Å². The molecule has 0 spiro atoms. The average Bonchev–Trinajstić information content (AvgIpc) is 2.30. The van der Waals surface area contributed by atoms with Crippen molar-refractivity contribution >= 4 is 11.6 Å². The van der Waals surface area contributed by atoms with Crippen molar-refractivity contribution in [3.05, 3.63) is 0 Å². The van der Waals surface area contributed by atoms with Crippen molar-refractivity contribution in [2.45, 2.75) is 45.1 Å². The van der Waals surface area contributed by atoms with E-state index in [1.165, 1.54) is 6.42 Å². The number of hydrogen-bond donors (Lipinski definition) is 0. The van der Waals surface area contributed by atoms with Gasteiger partial charge in [0.05, 0.1) is 12.7 Å². The molecule has 0 N–H and O–H groups in total. The summed E-state index contributed by atoms with van der Waals surface area (Å²) in [5.41, 5.74) is 0. The average molecular weight is 191 g/mol. The number of hydrogen-bond acceptors (Lipinski definition) is 1. The molecule has 0 saturated heterocycles. The fraction of sp³-hybridized carbons (Fsp3) is 1.00. The zero-order valence-corrected chi connectivity index (χ0v) is 8.97. The maximum Gasteiger partial charge on any atom is 0.0519 e. The Kier molecular flexibility index (Phi) is 3.85. The molecule has 72 valence electrons. The largest absolute Gasteiger partial charge is 0.378 e. The van der Waals surface area contributed by atoms with Crippen LogP contribution in [0.25, 0.3) is 0 Å². The Morgan fingerprint density at radius 1 is 1.42 bits per heavy atom. The summed E-state index contributed by atoms with van der Waals surface area (Å²) in [6, 6.07) is 0. The van der Waals surface area contributed by atoms with E-state index in [2.05, 4.69) is 20.8 Å². The van der Waals surface area contributed by atoms with E-state index in [1.807, 2.05) is 0 Å². The lowest BCUT2D eigenvalue weighted by molar-refractivity contribution is 0.0434. The highest BCUT2D eigenvalue weighted by Crippen LogP contribution is 2.35. The van der Waals surface area contributed by atoms with E-state index in [4.69, 9.17) is 16.3 Å². The maximum absolute atomic E-state index is 6.12. The Morgan fingerprint density at radius 2 is 2.08 bits per heavy atom. The Labute approximate surface area is 80.4 Å². The van der Waals surface area contributed by atoms with Crippen LogP contribution < -0.4 is 0 Å². The minimum atomic E-state index is 0.353. The third-order valence-corrected chi connectivity index (χ3v) is 3.39. The van der Waals surface area contributed by atoms with Gasteiger partial charge in [0, 0.05) is 5.38 Å². The second kappa shape index (κ2) is 4.48. The third-order valence-electron chi connectivity index (χ3n) is 2.77. The molecule has 1 saturated carbocycles. The molecule has 1 rings (SSSR count). The van der Waals surface area contributed by atoms with Gasteiger partial charge in [-0.2, -0.15) is 0 Å². The summed E-state index contributed by atoms with van der Waals surface area (Å²) in [6.45, 7) is 7.29. The van der Waals surface area contributed by atoms with Gasteiger partial charge in [-0.1, -0.05) is 6.92 Å². The van der Waals surface area contributed by atoms with Crippen LogP contribution in [0.3, 0.4) is 0 Å². The molecular weight excluding hydrogens is 172 g/mol. The fourth-order valence-electron chi connectivity index (χ4n) is 1.75. The summed E-state index contributed by atoms with van der Waals surface area (Å²) in [4.78, 5) is 0. The van der Waals surface area contributed by atoms with E-state index in [-0.39, 0.29) is 0 Å². The fourth-order valence-corrected chi connectivity index (χ4v) is 2.08. The van der Waals surface area contributed by atoms with Gasteiger partial charge in [-0.05, 0) is 38.5 Å². The van der Waals surface area contributed by atoms with Crippen molar-refractivity contribution in [1.82, 2.24) is 0 Å². The van der Waals surface area contributed by atoms with Crippen molar-refractivity contribution in [1.29, 1.82) is 0 Å². The van der Waals surface area contributed by atoms with Crippen LogP contribution in [0.5, 0.6) is 0 Å². The highest BCUT2D eigenvalue weighted by molar-refractivity contribution is 6.20. The lowest BCUT2D eigenvalue weighted by Gasteiger charge is -2.18. The van der Waals surface area contributed by atoms with Crippen molar-refractivity contribution in [2.24, 2.45) is 11.8 Å². The molecule has 1 fully saturated rings. The minimum absolute atomic E-state index is 0.353. The summed E-state index contributed by atoms with van der Waals surface area (Å²) in [6.07, 6.45) is 2.75. The first-order valence-electron chi connectivity index (χ1n) is 4.87. The van der Waals surface area contributed by atoms with E-state index in [9.17, 15) is 0 Å². The normalized spacial score (nSPS) is 36.2. The van der Waals surface area contributed by atoms with Crippen LogP contribution in [-0.2, 0) is 4.74 Å². The first-order chi connectivity index (χ1) is 5.61. The molecule has 12 heavy (non-hydrogen) atoms. The van der Waals surface area contributed by atoms with E-state index >= 15 is 0 Å². The number of halogens is 1.